The summed E-state index contributed by atoms with van der Waals surface area (Å²) >= 11 is 1.40. The molecule has 1 aromatic carbocycles. The minimum absolute atomic E-state index is 0.0613. The number of carbonyl (C=O) groups is 2. The number of aryl methyl sites for hydroxylation is 2. The van der Waals surface area contributed by atoms with Gasteiger partial charge in [-0.1, -0.05) is 17.7 Å². The van der Waals surface area contributed by atoms with Gasteiger partial charge in [-0.2, -0.15) is 0 Å². The predicted octanol–water partition coefficient (Wildman–Crippen LogP) is 2.98. The van der Waals surface area contributed by atoms with Crippen LogP contribution in [0.1, 0.15) is 38.6 Å². The molecule has 0 aliphatic rings. The smallest absolute Gasteiger partial charge is 0.261 e. The second kappa shape index (κ2) is 7.97. The molecule has 0 saturated carbocycles. The lowest BCUT2D eigenvalue weighted by Gasteiger charge is -2.18. The van der Waals surface area contributed by atoms with E-state index in [2.05, 4.69) is 10.6 Å². The lowest BCUT2D eigenvalue weighted by Crippen LogP contribution is -2.37. The fourth-order valence-electron chi connectivity index (χ4n) is 2.37. The number of methoxy groups -OCH3 is 1. The molecule has 0 aliphatic heterocycles. The molecule has 1 atom stereocenters. The van der Waals surface area contributed by atoms with Crippen LogP contribution in [0.25, 0.3) is 0 Å². The highest BCUT2D eigenvalue weighted by Crippen LogP contribution is 2.25. The van der Waals surface area contributed by atoms with Gasteiger partial charge < -0.3 is 15.4 Å². The molecule has 5 nitrogen and oxygen atoms in total. The molecule has 0 aliphatic carbocycles. The van der Waals surface area contributed by atoms with Gasteiger partial charge in [-0.15, -0.1) is 11.3 Å². The summed E-state index contributed by atoms with van der Waals surface area (Å²) in [7, 11) is 1.60. The van der Waals surface area contributed by atoms with Gasteiger partial charge in [0.2, 0.25) is 5.91 Å². The number of hydrogen-bond acceptors (Lipinski definition) is 4. The first-order chi connectivity index (χ1) is 11.4. The second-order valence-corrected chi connectivity index (χ2v) is 6.92. The Labute approximate surface area is 146 Å². The summed E-state index contributed by atoms with van der Waals surface area (Å²) < 4.78 is 5.34. The van der Waals surface area contributed by atoms with Gasteiger partial charge in [-0.05, 0) is 39.0 Å². The average molecular weight is 346 g/mol. The monoisotopic (exact) mass is 346 g/mol. The predicted molar refractivity (Wildman–Crippen MR) is 95.7 cm³/mol. The average Bonchev–Trinajstić information content (AvgIpc) is 2.99. The van der Waals surface area contributed by atoms with Crippen molar-refractivity contribution in [1.29, 1.82) is 0 Å². The van der Waals surface area contributed by atoms with Crippen LogP contribution in [0.5, 0.6) is 5.75 Å². The van der Waals surface area contributed by atoms with Crippen molar-refractivity contribution in [3.05, 3.63) is 51.2 Å². The molecule has 0 unspecified atom stereocenters. The van der Waals surface area contributed by atoms with Crippen molar-refractivity contribution in [1.82, 2.24) is 10.6 Å². The zero-order chi connectivity index (χ0) is 17.7. The van der Waals surface area contributed by atoms with Crippen LogP contribution in [0.15, 0.2) is 30.3 Å². The molecule has 1 aromatic heterocycles. The van der Waals surface area contributed by atoms with Gasteiger partial charge in [0, 0.05) is 10.4 Å². The van der Waals surface area contributed by atoms with Crippen molar-refractivity contribution in [3.8, 4) is 5.75 Å². The first-order valence-electron chi connectivity index (χ1n) is 7.69. The maximum Gasteiger partial charge on any atom is 0.261 e. The van der Waals surface area contributed by atoms with E-state index in [4.69, 9.17) is 4.74 Å². The molecule has 1 heterocycles. The molecule has 0 fully saturated rings. The second-order valence-electron chi connectivity index (χ2n) is 5.63. The van der Waals surface area contributed by atoms with Crippen molar-refractivity contribution in [2.75, 3.05) is 13.7 Å². The van der Waals surface area contributed by atoms with Crippen molar-refractivity contribution in [2.24, 2.45) is 0 Å². The van der Waals surface area contributed by atoms with Crippen LogP contribution in [0, 0.1) is 13.8 Å². The molecular formula is C18H22N2O3S. The molecular weight excluding hydrogens is 324 g/mol. The highest BCUT2D eigenvalue weighted by molar-refractivity contribution is 7.13. The first kappa shape index (κ1) is 18.0. The highest BCUT2D eigenvalue weighted by Gasteiger charge is 2.15. The molecule has 24 heavy (non-hydrogen) atoms. The number of ether oxygens (including phenoxy) is 1. The molecule has 6 heteroatoms. The lowest BCUT2D eigenvalue weighted by molar-refractivity contribution is -0.120. The van der Waals surface area contributed by atoms with E-state index in [0.717, 1.165) is 21.8 Å². The van der Waals surface area contributed by atoms with Gasteiger partial charge in [0.1, 0.15) is 5.75 Å². The number of hydrogen-bond donors (Lipinski definition) is 2. The fourth-order valence-corrected chi connectivity index (χ4v) is 3.15. The van der Waals surface area contributed by atoms with E-state index in [1.54, 1.807) is 13.2 Å². The van der Waals surface area contributed by atoms with Crippen LogP contribution in [-0.4, -0.2) is 25.5 Å². The van der Waals surface area contributed by atoms with Gasteiger partial charge in [-0.3, -0.25) is 9.59 Å². The Kier molecular flexibility index (Phi) is 5.98. The zero-order valence-electron chi connectivity index (χ0n) is 14.3. The zero-order valence-corrected chi connectivity index (χ0v) is 15.1. The number of rotatable bonds is 6. The number of thiophene rings is 1. The van der Waals surface area contributed by atoms with Crippen LogP contribution in [0.4, 0.5) is 0 Å². The minimum Gasteiger partial charge on any atom is -0.496 e. The quantitative estimate of drug-likeness (QED) is 0.845. The van der Waals surface area contributed by atoms with Crippen LogP contribution < -0.4 is 15.4 Å². The Morgan fingerprint density at radius 3 is 2.58 bits per heavy atom. The summed E-state index contributed by atoms with van der Waals surface area (Å²) in [4.78, 5) is 25.7. The van der Waals surface area contributed by atoms with Gasteiger partial charge >= 0.3 is 0 Å². The van der Waals surface area contributed by atoms with E-state index in [1.807, 2.05) is 45.0 Å². The molecule has 2 N–H and O–H groups in total. The number of amides is 2. The van der Waals surface area contributed by atoms with Crippen LogP contribution >= 0.6 is 11.3 Å². The van der Waals surface area contributed by atoms with Crippen molar-refractivity contribution < 1.29 is 14.3 Å². The van der Waals surface area contributed by atoms with E-state index >= 15 is 0 Å². The molecule has 2 amide bonds. The summed E-state index contributed by atoms with van der Waals surface area (Å²) in [6.07, 6.45) is 0. The van der Waals surface area contributed by atoms with E-state index in [-0.39, 0.29) is 24.4 Å². The largest absolute Gasteiger partial charge is 0.496 e. The Balaban J connectivity index is 1.92. The summed E-state index contributed by atoms with van der Waals surface area (Å²) in [5, 5.41) is 5.52. The summed E-state index contributed by atoms with van der Waals surface area (Å²) in [5.41, 5.74) is 2.00. The van der Waals surface area contributed by atoms with Crippen molar-refractivity contribution >= 4 is 23.2 Å². The van der Waals surface area contributed by atoms with Crippen LogP contribution in [0.2, 0.25) is 0 Å². The number of benzene rings is 1. The third-order valence-corrected chi connectivity index (χ3v) is 4.60. The third-order valence-electron chi connectivity index (χ3n) is 3.60. The Morgan fingerprint density at radius 2 is 1.96 bits per heavy atom. The molecule has 0 saturated heterocycles. The fraction of sp³-hybridized carbons (Fsp3) is 0.333. The highest BCUT2D eigenvalue weighted by atomic mass is 32.1. The van der Waals surface area contributed by atoms with E-state index in [1.165, 1.54) is 11.3 Å². The maximum atomic E-state index is 12.1. The molecule has 0 bridgehead atoms. The number of carbonyl (C=O) groups excluding carboxylic acids is 2. The lowest BCUT2D eigenvalue weighted by atomic mass is 10.0. The number of nitrogens with one attached hydrogen (secondary N) is 2. The first-order valence-corrected chi connectivity index (χ1v) is 8.51. The van der Waals surface area contributed by atoms with Crippen molar-refractivity contribution in [2.45, 2.75) is 26.8 Å². The normalized spacial score (nSPS) is 11.7. The Morgan fingerprint density at radius 1 is 1.21 bits per heavy atom. The van der Waals surface area contributed by atoms with Gasteiger partial charge in [-0.25, -0.2) is 0 Å². The molecule has 2 aromatic rings. The van der Waals surface area contributed by atoms with E-state index < -0.39 is 0 Å². The van der Waals surface area contributed by atoms with Crippen molar-refractivity contribution in [3.63, 3.8) is 0 Å². The minimum atomic E-state index is -0.243. The topological polar surface area (TPSA) is 67.4 Å². The van der Waals surface area contributed by atoms with Gasteiger partial charge in [0.05, 0.1) is 24.6 Å². The van der Waals surface area contributed by atoms with E-state index in [9.17, 15) is 9.59 Å². The molecule has 0 spiro atoms. The standard InChI is InChI=1S/C18H22N2O3S/c1-11-5-7-15(23-4)14(9-11)13(3)20-17(21)10-19-18(22)16-8-6-12(2)24-16/h5-9,13H,10H2,1-4H3,(H,19,22)(H,20,21)/t13-/m0/s1. The summed E-state index contributed by atoms with van der Waals surface area (Å²) in [6.45, 7) is 5.75. The molecule has 0 radical (unpaired) electrons. The summed E-state index contributed by atoms with van der Waals surface area (Å²) in [5.74, 6) is 0.253. The Hall–Kier alpha value is -2.34. The van der Waals surface area contributed by atoms with Crippen LogP contribution in [-0.2, 0) is 4.79 Å². The van der Waals surface area contributed by atoms with Gasteiger partial charge in [0.15, 0.2) is 0 Å². The van der Waals surface area contributed by atoms with Gasteiger partial charge in [0.25, 0.3) is 5.91 Å². The SMILES string of the molecule is COc1ccc(C)cc1[C@H](C)NC(=O)CNC(=O)c1ccc(C)s1. The summed E-state index contributed by atoms with van der Waals surface area (Å²) in [6, 6.07) is 9.25. The molecule has 128 valence electrons. The third kappa shape index (κ3) is 4.58. The maximum absolute atomic E-state index is 12.1. The van der Waals surface area contributed by atoms with E-state index in [0.29, 0.717) is 4.88 Å². The molecule has 2 rings (SSSR count). The Bertz CT molecular complexity index is 740. The van der Waals surface area contributed by atoms with Crippen LogP contribution in [0.3, 0.4) is 0 Å².